The van der Waals surface area contributed by atoms with Crippen LogP contribution in [0.5, 0.6) is 0 Å². The Balaban J connectivity index is 1.27. The second-order valence-corrected chi connectivity index (χ2v) is 7.39. The van der Waals surface area contributed by atoms with Gasteiger partial charge < -0.3 is 19.8 Å². The fourth-order valence-corrected chi connectivity index (χ4v) is 3.51. The van der Waals surface area contributed by atoms with Gasteiger partial charge in [0.15, 0.2) is 5.96 Å². The number of rotatable bonds is 10. The molecule has 1 aromatic carbocycles. The second kappa shape index (κ2) is 12.3. The number of hydrogen-bond acceptors (Lipinski definition) is 4. The number of ether oxygens (including phenoxy) is 1. The largest absolute Gasteiger partial charge is 0.467 e. The van der Waals surface area contributed by atoms with Gasteiger partial charge in [0.1, 0.15) is 12.3 Å². The summed E-state index contributed by atoms with van der Waals surface area (Å²) < 4.78 is 11.4. The first-order chi connectivity index (χ1) is 14.3. The summed E-state index contributed by atoms with van der Waals surface area (Å²) in [4.78, 5) is 7.06. The van der Waals surface area contributed by atoms with Gasteiger partial charge in [-0.25, -0.2) is 4.99 Å². The quantitative estimate of drug-likeness (QED) is 0.365. The van der Waals surface area contributed by atoms with E-state index in [1.54, 1.807) is 6.26 Å². The van der Waals surface area contributed by atoms with Crippen LogP contribution in [0.2, 0.25) is 0 Å². The minimum absolute atomic E-state index is 0.392. The van der Waals surface area contributed by atoms with E-state index < -0.39 is 0 Å². The lowest BCUT2D eigenvalue weighted by Crippen LogP contribution is -2.38. The molecule has 1 aliphatic heterocycles. The van der Waals surface area contributed by atoms with E-state index in [1.165, 1.54) is 5.56 Å². The Morgan fingerprint density at radius 1 is 1.14 bits per heavy atom. The van der Waals surface area contributed by atoms with E-state index in [2.05, 4.69) is 57.8 Å². The van der Waals surface area contributed by atoms with Crippen molar-refractivity contribution in [3.05, 3.63) is 60.1 Å². The molecule has 2 aromatic rings. The molecular weight excluding hydrogens is 364 g/mol. The first kappa shape index (κ1) is 21.4. The van der Waals surface area contributed by atoms with E-state index in [4.69, 9.17) is 9.15 Å². The molecule has 158 valence electrons. The molecule has 3 rings (SSSR count). The molecule has 0 spiro atoms. The lowest BCUT2D eigenvalue weighted by molar-refractivity contribution is 0.00534. The summed E-state index contributed by atoms with van der Waals surface area (Å²) in [6.45, 7) is 8.34. The summed E-state index contributed by atoms with van der Waals surface area (Å²) in [5.74, 6) is 1.68. The van der Waals surface area contributed by atoms with Gasteiger partial charge in [-0.3, -0.25) is 4.90 Å². The number of furan rings is 1. The molecule has 0 amide bonds. The highest BCUT2D eigenvalue weighted by Crippen LogP contribution is 2.16. The van der Waals surface area contributed by atoms with E-state index in [9.17, 15) is 0 Å². The van der Waals surface area contributed by atoms with Gasteiger partial charge in [0.05, 0.1) is 12.4 Å². The smallest absolute Gasteiger partial charge is 0.191 e. The van der Waals surface area contributed by atoms with Crippen molar-refractivity contribution in [2.75, 3.05) is 32.8 Å². The number of nitrogens with one attached hydrogen (secondary N) is 2. The number of hydrogen-bond donors (Lipinski definition) is 2. The molecule has 6 heteroatoms. The van der Waals surface area contributed by atoms with Gasteiger partial charge in [-0.05, 0) is 43.9 Å². The van der Waals surface area contributed by atoms with E-state index in [-0.39, 0.29) is 0 Å². The highest BCUT2D eigenvalue weighted by molar-refractivity contribution is 5.79. The highest BCUT2D eigenvalue weighted by atomic mass is 16.5. The second-order valence-electron chi connectivity index (χ2n) is 7.39. The normalized spacial score (nSPS) is 16.1. The Labute approximate surface area is 174 Å². The molecule has 1 saturated heterocycles. The molecule has 1 aliphatic rings. The van der Waals surface area contributed by atoms with Gasteiger partial charge in [0.25, 0.3) is 0 Å². The number of likely N-dealkylation sites (tertiary alicyclic amines) is 1. The van der Waals surface area contributed by atoms with Gasteiger partial charge in [-0.2, -0.15) is 0 Å². The third kappa shape index (κ3) is 7.91. The van der Waals surface area contributed by atoms with Crippen LogP contribution in [-0.2, 0) is 17.8 Å². The van der Waals surface area contributed by atoms with Crippen molar-refractivity contribution in [1.29, 1.82) is 0 Å². The predicted octanol–water partition coefficient (Wildman–Crippen LogP) is 3.41. The minimum atomic E-state index is 0.392. The van der Waals surface area contributed by atoms with E-state index in [1.807, 2.05) is 12.1 Å². The van der Waals surface area contributed by atoms with Crippen molar-refractivity contribution in [1.82, 2.24) is 15.5 Å². The molecule has 0 saturated carbocycles. The van der Waals surface area contributed by atoms with Crippen LogP contribution in [0.4, 0.5) is 0 Å². The molecule has 6 nitrogen and oxygen atoms in total. The van der Waals surface area contributed by atoms with Crippen LogP contribution in [0.15, 0.2) is 58.1 Å². The highest BCUT2D eigenvalue weighted by Gasteiger charge is 2.19. The van der Waals surface area contributed by atoms with Crippen LogP contribution < -0.4 is 10.6 Å². The first-order valence-electron chi connectivity index (χ1n) is 10.8. The number of nitrogens with zero attached hydrogens (tertiary/aromatic N) is 2. The molecule has 0 radical (unpaired) electrons. The van der Waals surface area contributed by atoms with Crippen molar-refractivity contribution >= 4 is 5.96 Å². The SMILES string of the molecule is CCNC(=NCc1ccco1)NCCCOC1CCN(Cc2ccccc2)CC1. The summed E-state index contributed by atoms with van der Waals surface area (Å²) >= 11 is 0. The fraction of sp³-hybridized carbons (Fsp3) is 0.522. The molecule has 2 N–H and O–H groups in total. The standard InChI is InChI=1S/C23H34N4O2/c1-2-24-23(26-18-22-10-6-16-29-22)25-13-7-17-28-21-11-14-27(15-12-21)19-20-8-4-3-5-9-20/h3-6,8-10,16,21H,2,7,11-15,17-19H2,1H3,(H2,24,25,26). The maximum atomic E-state index is 6.10. The Hall–Kier alpha value is -2.31. The van der Waals surface area contributed by atoms with Crippen LogP contribution in [0.25, 0.3) is 0 Å². The average molecular weight is 399 g/mol. The average Bonchev–Trinajstić information content (AvgIpc) is 3.27. The number of piperidine rings is 1. The molecular formula is C23H34N4O2. The third-order valence-corrected chi connectivity index (χ3v) is 5.07. The number of guanidine groups is 1. The zero-order chi connectivity index (χ0) is 20.2. The van der Waals surface area contributed by atoms with Gasteiger partial charge >= 0.3 is 0 Å². The van der Waals surface area contributed by atoms with Gasteiger partial charge in [-0.1, -0.05) is 30.3 Å². The maximum Gasteiger partial charge on any atom is 0.191 e. The van der Waals surface area contributed by atoms with E-state index >= 15 is 0 Å². The lowest BCUT2D eigenvalue weighted by atomic mass is 10.1. The molecule has 0 unspecified atom stereocenters. The van der Waals surface area contributed by atoms with Gasteiger partial charge in [0, 0.05) is 39.3 Å². The van der Waals surface area contributed by atoms with E-state index in [0.717, 1.165) is 70.3 Å². The van der Waals surface area contributed by atoms with Crippen molar-refractivity contribution < 1.29 is 9.15 Å². The van der Waals surface area contributed by atoms with Crippen LogP contribution >= 0.6 is 0 Å². The predicted molar refractivity (Wildman–Crippen MR) is 117 cm³/mol. The van der Waals surface area contributed by atoms with Crippen LogP contribution in [-0.4, -0.2) is 49.7 Å². The van der Waals surface area contributed by atoms with Crippen molar-refractivity contribution in [2.45, 2.75) is 45.4 Å². The molecule has 0 atom stereocenters. The molecule has 1 aromatic heterocycles. The minimum Gasteiger partial charge on any atom is -0.467 e. The molecule has 0 aliphatic carbocycles. The zero-order valence-corrected chi connectivity index (χ0v) is 17.5. The molecule has 29 heavy (non-hydrogen) atoms. The van der Waals surface area contributed by atoms with Crippen molar-refractivity contribution in [2.24, 2.45) is 4.99 Å². The molecule has 0 bridgehead atoms. The monoisotopic (exact) mass is 398 g/mol. The first-order valence-corrected chi connectivity index (χ1v) is 10.8. The van der Waals surface area contributed by atoms with Crippen LogP contribution in [0, 0.1) is 0 Å². The van der Waals surface area contributed by atoms with Gasteiger partial charge in [-0.15, -0.1) is 0 Å². The van der Waals surface area contributed by atoms with Crippen LogP contribution in [0.3, 0.4) is 0 Å². The Kier molecular flexibility index (Phi) is 9.07. The summed E-state index contributed by atoms with van der Waals surface area (Å²) in [5.41, 5.74) is 1.39. The van der Waals surface area contributed by atoms with Gasteiger partial charge in [0.2, 0.25) is 0 Å². The summed E-state index contributed by atoms with van der Waals surface area (Å²) in [7, 11) is 0. The fourth-order valence-electron chi connectivity index (χ4n) is 3.51. The summed E-state index contributed by atoms with van der Waals surface area (Å²) in [5, 5.41) is 6.63. The number of benzene rings is 1. The molecule has 2 heterocycles. The summed E-state index contributed by atoms with van der Waals surface area (Å²) in [6.07, 6.45) is 5.27. The Morgan fingerprint density at radius 2 is 1.97 bits per heavy atom. The van der Waals surface area contributed by atoms with E-state index in [0.29, 0.717) is 12.6 Å². The summed E-state index contributed by atoms with van der Waals surface area (Å²) in [6, 6.07) is 14.5. The van der Waals surface area contributed by atoms with Crippen LogP contribution in [0.1, 0.15) is 37.5 Å². The van der Waals surface area contributed by atoms with Crippen molar-refractivity contribution in [3.63, 3.8) is 0 Å². The Bertz CT molecular complexity index is 695. The zero-order valence-electron chi connectivity index (χ0n) is 17.5. The number of aliphatic imine (C=N–C) groups is 1. The maximum absolute atomic E-state index is 6.10. The van der Waals surface area contributed by atoms with Crippen molar-refractivity contribution in [3.8, 4) is 0 Å². The Morgan fingerprint density at radius 3 is 2.69 bits per heavy atom. The topological polar surface area (TPSA) is 62.0 Å². The lowest BCUT2D eigenvalue weighted by Gasteiger charge is -2.32. The third-order valence-electron chi connectivity index (χ3n) is 5.07. The molecule has 1 fully saturated rings.